The third kappa shape index (κ3) is 11.2. The summed E-state index contributed by atoms with van der Waals surface area (Å²) in [4.78, 5) is 21.7. The van der Waals surface area contributed by atoms with Gasteiger partial charge in [0.2, 0.25) is 5.91 Å². The average molecular weight is 244 g/mol. The van der Waals surface area contributed by atoms with Crippen molar-refractivity contribution in [3.63, 3.8) is 0 Å². The van der Waals surface area contributed by atoms with Gasteiger partial charge in [-0.15, -0.1) is 0 Å². The van der Waals surface area contributed by atoms with Crippen molar-refractivity contribution in [2.45, 2.75) is 46.1 Å². The monoisotopic (exact) mass is 244 g/mol. The molecule has 1 atom stereocenters. The summed E-state index contributed by atoms with van der Waals surface area (Å²) in [6.07, 6.45) is 2.10. The number of hydrogen-bond donors (Lipinski definition) is 3. The number of carbonyl (C=O) groups excluding carboxylic acids is 1. The van der Waals surface area contributed by atoms with E-state index in [0.717, 1.165) is 12.8 Å². The second-order valence-corrected chi connectivity index (χ2v) is 4.76. The Morgan fingerprint density at radius 2 is 1.82 bits per heavy atom. The van der Waals surface area contributed by atoms with Gasteiger partial charge in [0.05, 0.1) is 13.0 Å². The molecule has 0 saturated heterocycles. The van der Waals surface area contributed by atoms with Crippen molar-refractivity contribution in [2.75, 3.05) is 13.1 Å². The van der Waals surface area contributed by atoms with E-state index in [0.29, 0.717) is 12.5 Å². The summed E-state index contributed by atoms with van der Waals surface area (Å²) >= 11 is 0. The lowest BCUT2D eigenvalue weighted by atomic mass is 10.0. The van der Waals surface area contributed by atoms with Gasteiger partial charge in [0.15, 0.2) is 0 Å². The van der Waals surface area contributed by atoms with E-state index in [2.05, 4.69) is 24.5 Å². The standard InChI is InChI=1S/C12H24N2O3/c1-9(2)4-5-10(3)14-11(15)8-13-7-6-12(16)17/h9-10,13H,4-8H2,1-3H3,(H,14,15)(H,16,17). The van der Waals surface area contributed by atoms with Gasteiger partial charge in [0.25, 0.3) is 0 Å². The predicted molar refractivity (Wildman–Crippen MR) is 66.8 cm³/mol. The topological polar surface area (TPSA) is 78.4 Å². The van der Waals surface area contributed by atoms with Crippen molar-refractivity contribution < 1.29 is 14.7 Å². The molecule has 0 aromatic rings. The van der Waals surface area contributed by atoms with Crippen LogP contribution in [0.15, 0.2) is 0 Å². The normalized spacial score (nSPS) is 12.5. The van der Waals surface area contributed by atoms with Crippen LogP contribution in [0.25, 0.3) is 0 Å². The Labute approximate surface area is 103 Å². The highest BCUT2D eigenvalue weighted by Crippen LogP contribution is 2.05. The van der Waals surface area contributed by atoms with Gasteiger partial charge in [-0.1, -0.05) is 13.8 Å². The summed E-state index contributed by atoms with van der Waals surface area (Å²) in [6.45, 7) is 6.80. The van der Waals surface area contributed by atoms with Crippen LogP contribution >= 0.6 is 0 Å². The van der Waals surface area contributed by atoms with Crippen LogP contribution < -0.4 is 10.6 Å². The predicted octanol–water partition coefficient (Wildman–Crippen LogP) is 0.992. The van der Waals surface area contributed by atoms with Crippen LogP contribution in [0.4, 0.5) is 0 Å². The van der Waals surface area contributed by atoms with Crippen LogP contribution in [0.3, 0.4) is 0 Å². The Balaban J connectivity index is 3.53. The average Bonchev–Trinajstić information content (AvgIpc) is 2.21. The minimum atomic E-state index is -0.858. The fraction of sp³-hybridized carbons (Fsp3) is 0.833. The highest BCUT2D eigenvalue weighted by Gasteiger charge is 2.07. The molecule has 0 aromatic carbocycles. The van der Waals surface area contributed by atoms with Crippen LogP contribution in [0.1, 0.15) is 40.0 Å². The third-order valence-electron chi connectivity index (χ3n) is 2.39. The number of carbonyl (C=O) groups is 2. The molecular formula is C12H24N2O3. The number of carboxylic acids is 1. The maximum atomic E-state index is 11.4. The van der Waals surface area contributed by atoms with E-state index in [1.54, 1.807) is 0 Å². The molecule has 1 amide bonds. The highest BCUT2D eigenvalue weighted by molar-refractivity contribution is 5.78. The second kappa shape index (κ2) is 8.98. The Hall–Kier alpha value is -1.10. The summed E-state index contributed by atoms with van der Waals surface area (Å²) in [5.74, 6) is -0.294. The van der Waals surface area contributed by atoms with Gasteiger partial charge in [0.1, 0.15) is 0 Å². The maximum Gasteiger partial charge on any atom is 0.304 e. The first-order valence-electron chi connectivity index (χ1n) is 6.13. The molecule has 1 unspecified atom stereocenters. The van der Waals surface area contributed by atoms with Gasteiger partial charge < -0.3 is 15.7 Å². The van der Waals surface area contributed by atoms with Crippen molar-refractivity contribution in [3.8, 4) is 0 Å². The summed E-state index contributed by atoms with van der Waals surface area (Å²) in [6, 6.07) is 0.172. The van der Waals surface area contributed by atoms with Gasteiger partial charge in [-0.2, -0.15) is 0 Å². The first-order chi connectivity index (χ1) is 7.91. The summed E-state index contributed by atoms with van der Waals surface area (Å²) in [7, 11) is 0. The molecule has 17 heavy (non-hydrogen) atoms. The zero-order valence-corrected chi connectivity index (χ0v) is 11.0. The van der Waals surface area contributed by atoms with Crippen molar-refractivity contribution in [1.29, 1.82) is 0 Å². The quantitative estimate of drug-likeness (QED) is 0.529. The Morgan fingerprint density at radius 3 is 2.35 bits per heavy atom. The van der Waals surface area contributed by atoms with Crippen LogP contribution in [-0.2, 0) is 9.59 Å². The Morgan fingerprint density at radius 1 is 1.18 bits per heavy atom. The molecule has 0 aromatic heterocycles. The van der Waals surface area contributed by atoms with Gasteiger partial charge >= 0.3 is 5.97 Å². The van der Waals surface area contributed by atoms with E-state index in [1.807, 2.05) is 6.92 Å². The Bertz CT molecular complexity index is 242. The smallest absolute Gasteiger partial charge is 0.304 e. The molecule has 0 spiro atoms. The molecule has 100 valence electrons. The van der Waals surface area contributed by atoms with Gasteiger partial charge in [-0.25, -0.2) is 0 Å². The van der Waals surface area contributed by atoms with E-state index in [4.69, 9.17) is 5.11 Å². The zero-order chi connectivity index (χ0) is 13.3. The molecule has 0 bridgehead atoms. The van der Waals surface area contributed by atoms with Crippen LogP contribution in [-0.4, -0.2) is 36.1 Å². The molecular weight excluding hydrogens is 220 g/mol. The molecule has 0 aliphatic rings. The molecule has 0 radical (unpaired) electrons. The van der Waals surface area contributed by atoms with Crippen LogP contribution in [0.5, 0.6) is 0 Å². The fourth-order valence-electron chi connectivity index (χ4n) is 1.38. The highest BCUT2D eigenvalue weighted by atomic mass is 16.4. The summed E-state index contributed by atoms with van der Waals surface area (Å²) in [5.41, 5.74) is 0. The molecule has 0 rings (SSSR count). The minimum Gasteiger partial charge on any atom is -0.481 e. The maximum absolute atomic E-state index is 11.4. The molecule has 3 N–H and O–H groups in total. The number of carboxylic acid groups (broad SMARTS) is 1. The zero-order valence-electron chi connectivity index (χ0n) is 11.0. The van der Waals surface area contributed by atoms with E-state index < -0.39 is 5.97 Å². The minimum absolute atomic E-state index is 0.0379. The molecule has 0 saturated carbocycles. The number of nitrogens with one attached hydrogen (secondary N) is 2. The number of rotatable bonds is 9. The fourth-order valence-corrected chi connectivity index (χ4v) is 1.38. The molecule has 0 fully saturated rings. The molecule has 0 heterocycles. The van der Waals surface area contributed by atoms with E-state index in [9.17, 15) is 9.59 Å². The second-order valence-electron chi connectivity index (χ2n) is 4.76. The van der Waals surface area contributed by atoms with Crippen molar-refractivity contribution in [2.24, 2.45) is 5.92 Å². The molecule has 0 aliphatic carbocycles. The summed E-state index contributed by atoms with van der Waals surface area (Å²) in [5, 5.41) is 14.1. The first-order valence-corrected chi connectivity index (χ1v) is 6.13. The lowest BCUT2D eigenvalue weighted by Crippen LogP contribution is -2.39. The number of amides is 1. The van der Waals surface area contributed by atoms with Gasteiger partial charge in [-0.05, 0) is 25.7 Å². The number of aliphatic carboxylic acids is 1. The van der Waals surface area contributed by atoms with Crippen molar-refractivity contribution in [3.05, 3.63) is 0 Å². The van der Waals surface area contributed by atoms with Crippen molar-refractivity contribution >= 4 is 11.9 Å². The van der Waals surface area contributed by atoms with E-state index in [-0.39, 0.29) is 24.9 Å². The first kappa shape index (κ1) is 15.9. The van der Waals surface area contributed by atoms with E-state index in [1.165, 1.54) is 0 Å². The Kier molecular flexibility index (Phi) is 8.40. The molecule has 5 heteroatoms. The third-order valence-corrected chi connectivity index (χ3v) is 2.39. The summed E-state index contributed by atoms with van der Waals surface area (Å²) < 4.78 is 0. The van der Waals surface area contributed by atoms with Gasteiger partial charge in [-0.3, -0.25) is 9.59 Å². The molecule has 0 aliphatic heterocycles. The number of hydrogen-bond acceptors (Lipinski definition) is 3. The van der Waals surface area contributed by atoms with Crippen LogP contribution in [0, 0.1) is 5.92 Å². The largest absolute Gasteiger partial charge is 0.481 e. The lowest BCUT2D eigenvalue weighted by Gasteiger charge is -2.15. The lowest BCUT2D eigenvalue weighted by molar-refractivity contribution is -0.137. The molecule has 5 nitrogen and oxygen atoms in total. The van der Waals surface area contributed by atoms with E-state index >= 15 is 0 Å². The van der Waals surface area contributed by atoms with Crippen molar-refractivity contribution in [1.82, 2.24) is 10.6 Å². The SMILES string of the molecule is CC(C)CCC(C)NC(=O)CNCCC(=O)O. The van der Waals surface area contributed by atoms with Gasteiger partial charge in [0, 0.05) is 12.6 Å². The van der Waals surface area contributed by atoms with Crippen LogP contribution in [0.2, 0.25) is 0 Å².